The number of rotatable bonds is 17. The van der Waals surface area contributed by atoms with Crippen molar-refractivity contribution in [2.75, 3.05) is 70.7 Å². The largest absolute Gasteiger partial charge is 0.495 e. The number of carbonyl (C=O) groups is 4. The molecule has 4 heterocycles. The van der Waals surface area contributed by atoms with E-state index in [1.54, 1.807) is 64.5 Å². The summed E-state index contributed by atoms with van der Waals surface area (Å²) >= 11 is 7.69. The number of aliphatic hydroxyl groups is 1. The maximum Gasteiger partial charge on any atom is 0.258 e. The number of aryl methyl sites for hydroxylation is 1. The van der Waals surface area contributed by atoms with Crippen LogP contribution in [0.25, 0.3) is 10.4 Å². The molecule has 382 valence electrons. The molecule has 2 saturated carbocycles. The number of ether oxygens (including phenoxy) is 2. The number of hydrogen-bond acceptors (Lipinski definition) is 14. The zero-order valence-corrected chi connectivity index (χ0v) is 42.9. The summed E-state index contributed by atoms with van der Waals surface area (Å²) in [5, 5.41) is 22.8. The van der Waals surface area contributed by atoms with Crippen LogP contribution in [-0.4, -0.2) is 142 Å². The zero-order valence-electron chi connectivity index (χ0n) is 41.4. The highest BCUT2D eigenvalue weighted by Gasteiger charge is 2.53. The van der Waals surface area contributed by atoms with E-state index in [9.17, 15) is 28.7 Å². The molecule has 8 rings (SSSR count). The number of aromatic nitrogens is 3. The summed E-state index contributed by atoms with van der Waals surface area (Å²) in [6, 6.07) is 9.18. The molecule has 17 nitrogen and oxygen atoms in total. The van der Waals surface area contributed by atoms with Crippen LogP contribution in [0.3, 0.4) is 0 Å². The van der Waals surface area contributed by atoms with Crippen molar-refractivity contribution >= 4 is 64.0 Å². The Morgan fingerprint density at radius 2 is 1.73 bits per heavy atom. The fourth-order valence-electron chi connectivity index (χ4n) is 9.69. The predicted molar refractivity (Wildman–Crippen MR) is 271 cm³/mol. The zero-order chi connectivity index (χ0) is 50.6. The lowest BCUT2D eigenvalue weighted by Gasteiger charge is -2.38. The molecule has 4 amide bonds. The number of piperazine rings is 1. The number of carbonyl (C=O) groups excluding carboxylic acids is 4. The number of thiazole rings is 1. The lowest BCUT2D eigenvalue weighted by molar-refractivity contribution is -0.145. The van der Waals surface area contributed by atoms with E-state index in [0.717, 1.165) is 67.0 Å². The first-order valence-electron chi connectivity index (χ1n) is 24.5. The van der Waals surface area contributed by atoms with Crippen molar-refractivity contribution in [2.45, 2.75) is 103 Å². The van der Waals surface area contributed by atoms with Crippen LogP contribution in [0, 0.1) is 24.2 Å². The Morgan fingerprint density at radius 1 is 1.00 bits per heavy atom. The van der Waals surface area contributed by atoms with Crippen LogP contribution in [-0.2, 0) is 20.9 Å². The molecule has 2 aliphatic heterocycles. The van der Waals surface area contributed by atoms with E-state index < -0.39 is 47.0 Å². The molecular weight excluding hydrogens is 951 g/mol. The monoisotopic (exact) mass is 1020 g/mol. The number of alkyl halides is 1. The van der Waals surface area contributed by atoms with Gasteiger partial charge in [-0.2, -0.15) is 4.98 Å². The Morgan fingerprint density at radius 3 is 2.39 bits per heavy atom. The van der Waals surface area contributed by atoms with Crippen LogP contribution >= 0.6 is 22.9 Å². The summed E-state index contributed by atoms with van der Waals surface area (Å²) < 4.78 is 27.0. The van der Waals surface area contributed by atoms with Gasteiger partial charge in [0.05, 0.1) is 47.8 Å². The Labute approximate surface area is 423 Å². The molecule has 2 aromatic carbocycles. The molecular formula is C51H66ClFN10O7S. The van der Waals surface area contributed by atoms with E-state index in [2.05, 4.69) is 41.1 Å². The number of likely N-dealkylation sites (tertiary alicyclic amines) is 1. The number of hydrogen-bond donors (Lipinski definition) is 5. The van der Waals surface area contributed by atoms with Gasteiger partial charge in [-0.25, -0.2) is 14.4 Å². The van der Waals surface area contributed by atoms with Crippen molar-refractivity contribution in [1.82, 2.24) is 40.3 Å². The van der Waals surface area contributed by atoms with E-state index >= 15 is 0 Å². The first-order valence-corrected chi connectivity index (χ1v) is 25.8. The van der Waals surface area contributed by atoms with E-state index in [0.29, 0.717) is 71.1 Å². The van der Waals surface area contributed by atoms with Gasteiger partial charge in [0.25, 0.3) is 11.8 Å². The summed E-state index contributed by atoms with van der Waals surface area (Å²) in [7, 11) is 3.28. The van der Waals surface area contributed by atoms with E-state index in [-0.39, 0.29) is 38.3 Å². The molecule has 0 spiro atoms. The molecule has 2 aromatic heterocycles. The number of halogens is 2. The molecule has 0 unspecified atom stereocenters. The van der Waals surface area contributed by atoms with Gasteiger partial charge in [-0.3, -0.25) is 24.1 Å². The Hall–Kier alpha value is -5.63. The Bertz CT molecular complexity index is 2580. The van der Waals surface area contributed by atoms with Crippen LogP contribution in [0.1, 0.15) is 87.3 Å². The summed E-state index contributed by atoms with van der Waals surface area (Å²) in [6.07, 6.45) is 5.01. The molecule has 0 radical (unpaired) electrons. The second-order valence-corrected chi connectivity index (χ2v) is 21.7. The third-order valence-corrected chi connectivity index (χ3v) is 15.4. The summed E-state index contributed by atoms with van der Waals surface area (Å²) in [5.74, 6) is 1.04. The SMILES string of the molecule is CNc1nc(Nc2ccc(C(=O)N3CCN(CC4CCC(COc5cc(-c6scnc6C)ccc5CNC(=O)[C@@H]5C[C@@H](O)CN5C(=O)[C@@H](NC(=O)C5(F)CC5)C(C)(C)C)CC4)CC3)cc2OC)ncc1Cl. The number of anilines is 3. The highest BCUT2D eigenvalue weighted by Crippen LogP contribution is 2.41. The molecule has 71 heavy (non-hydrogen) atoms. The minimum Gasteiger partial charge on any atom is -0.495 e. The van der Waals surface area contributed by atoms with Crippen LogP contribution < -0.4 is 30.7 Å². The van der Waals surface area contributed by atoms with Gasteiger partial charge in [0.2, 0.25) is 17.8 Å². The second kappa shape index (κ2) is 22.0. The normalized spacial score (nSPS) is 21.5. The maximum absolute atomic E-state index is 14.7. The third kappa shape index (κ3) is 12.4. The molecule has 20 heteroatoms. The van der Waals surface area contributed by atoms with Gasteiger partial charge >= 0.3 is 0 Å². The van der Waals surface area contributed by atoms with Crippen molar-refractivity contribution < 1.29 is 38.1 Å². The summed E-state index contributed by atoms with van der Waals surface area (Å²) in [5.41, 5.74) is 2.87. The first kappa shape index (κ1) is 51.7. The van der Waals surface area contributed by atoms with Gasteiger partial charge in [-0.15, -0.1) is 11.3 Å². The van der Waals surface area contributed by atoms with Crippen LogP contribution in [0.15, 0.2) is 48.1 Å². The van der Waals surface area contributed by atoms with Crippen molar-refractivity contribution in [2.24, 2.45) is 17.3 Å². The smallest absolute Gasteiger partial charge is 0.258 e. The quantitative estimate of drug-likeness (QED) is 0.0757. The number of β-amino-alcohol motifs (C(OH)–C–C–N with tert-alkyl or cyclic N) is 1. The molecule has 0 bridgehead atoms. The maximum atomic E-state index is 14.7. The molecule has 3 atom stereocenters. The van der Waals surface area contributed by atoms with Gasteiger partial charge in [0.1, 0.15) is 34.4 Å². The predicted octanol–water partition coefficient (Wildman–Crippen LogP) is 6.61. The molecule has 4 fully saturated rings. The Balaban J connectivity index is 0.828. The highest BCUT2D eigenvalue weighted by molar-refractivity contribution is 7.13. The number of methoxy groups -OCH3 is 1. The first-order chi connectivity index (χ1) is 33.9. The second-order valence-electron chi connectivity index (χ2n) is 20.4. The number of nitrogens with zero attached hydrogens (tertiary/aromatic N) is 6. The standard InChI is InChI=1S/C51H66ClFN10O7S/c1-30-42(71-29-57-30)33-11-12-35(24-55-45(65)39-23-36(64)27-63(39)47(67)43(50(2,3)4)59-48(68)51(53)15-16-51)40(21-33)70-28-32-9-7-31(8-10-32)26-61-17-19-62(20-18-61)46(66)34-13-14-38(41(22-34)69-6)58-49-56-25-37(52)44(54-5)60-49/h11-14,21-22,25,29,31-32,36,39,43,64H,7-10,15-20,23-24,26-28H2,1-6H3,(H,55,65)(H,59,68)(H2,54,56,58,60)/t31?,32?,36-,39+,43-/m1/s1. The highest BCUT2D eigenvalue weighted by atomic mass is 35.5. The van der Waals surface area contributed by atoms with Gasteiger partial charge in [-0.05, 0) is 92.5 Å². The topological polar surface area (TPSA) is 203 Å². The average molecular weight is 1020 g/mol. The van der Waals surface area contributed by atoms with Gasteiger partial charge < -0.3 is 45.6 Å². The van der Waals surface area contributed by atoms with Gasteiger partial charge in [0.15, 0.2) is 5.67 Å². The van der Waals surface area contributed by atoms with Crippen molar-refractivity contribution in [3.63, 3.8) is 0 Å². The molecule has 5 N–H and O–H groups in total. The summed E-state index contributed by atoms with van der Waals surface area (Å²) in [4.78, 5) is 74.1. The van der Waals surface area contributed by atoms with Crippen LogP contribution in [0.5, 0.6) is 11.5 Å². The number of amides is 4. The lowest BCUT2D eigenvalue weighted by Crippen LogP contribution is -2.59. The van der Waals surface area contributed by atoms with Gasteiger partial charge in [0, 0.05) is 70.4 Å². The third-order valence-electron chi connectivity index (χ3n) is 14.2. The van der Waals surface area contributed by atoms with Crippen LogP contribution in [0.2, 0.25) is 5.02 Å². The van der Waals surface area contributed by atoms with Crippen molar-refractivity contribution in [3.8, 4) is 21.9 Å². The number of aliphatic hydroxyl groups excluding tert-OH is 1. The van der Waals surface area contributed by atoms with E-state index in [1.807, 2.05) is 35.5 Å². The summed E-state index contributed by atoms with van der Waals surface area (Å²) in [6.45, 7) is 11.7. The lowest BCUT2D eigenvalue weighted by atomic mass is 9.82. The van der Waals surface area contributed by atoms with E-state index in [4.69, 9.17) is 21.1 Å². The fraction of sp³-hybridized carbons (Fsp3) is 0.549. The average Bonchev–Trinajstić information content (AvgIpc) is 3.77. The minimum atomic E-state index is -1.97. The fourth-order valence-corrected chi connectivity index (χ4v) is 10.7. The Kier molecular flexibility index (Phi) is 16.0. The molecule has 2 aliphatic carbocycles. The minimum absolute atomic E-state index is 0.0349. The van der Waals surface area contributed by atoms with Gasteiger partial charge in [-0.1, -0.05) is 44.5 Å². The van der Waals surface area contributed by atoms with Crippen molar-refractivity contribution in [1.29, 1.82) is 0 Å². The molecule has 4 aromatic rings. The van der Waals surface area contributed by atoms with E-state index in [1.165, 1.54) is 11.1 Å². The number of benzene rings is 2. The van der Waals surface area contributed by atoms with Crippen molar-refractivity contribution in [3.05, 3.63) is 69.9 Å². The molecule has 4 aliphatic rings. The van der Waals surface area contributed by atoms with Crippen LogP contribution in [0.4, 0.5) is 21.8 Å². The number of nitrogens with one attached hydrogen (secondary N) is 4. The molecule has 2 saturated heterocycles.